The molecule has 0 amide bonds. The normalized spacial score (nSPS) is 27.5. The third-order valence-electron chi connectivity index (χ3n) is 4.83. The van der Waals surface area contributed by atoms with Crippen molar-refractivity contribution in [2.75, 3.05) is 11.9 Å². The third kappa shape index (κ3) is 2.08. The Balaban J connectivity index is 1.75. The van der Waals surface area contributed by atoms with Gasteiger partial charge in [-0.2, -0.15) is 0 Å². The second kappa shape index (κ2) is 4.04. The Morgan fingerprint density at radius 2 is 1.82 bits per heavy atom. The first-order valence-corrected chi connectivity index (χ1v) is 6.98. The molecular formula is C16H23N. The predicted molar refractivity (Wildman–Crippen MR) is 73.4 cm³/mol. The number of anilines is 1. The molecule has 1 aromatic carbocycles. The minimum Gasteiger partial charge on any atom is -0.384 e. The molecule has 0 saturated heterocycles. The monoisotopic (exact) mass is 229 g/mol. The molecule has 2 aliphatic rings. The van der Waals surface area contributed by atoms with Crippen LogP contribution in [0.1, 0.15) is 51.0 Å². The molecule has 92 valence electrons. The topological polar surface area (TPSA) is 12.0 Å². The van der Waals surface area contributed by atoms with Gasteiger partial charge in [0.1, 0.15) is 0 Å². The van der Waals surface area contributed by atoms with E-state index in [2.05, 4.69) is 43.4 Å². The smallest absolute Gasteiger partial charge is 0.0376 e. The molecule has 1 aliphatic heterocycles. The molecule has 1 heterocycles. The van der Waals surface area contributed by atoms with Crippen LogP contribution >= 0.6 is 0 Å². The van der Waals surface area contributed by atoms with Crippen molar-refractivity contribution in [1.82, 2.24) is 0 Å². The second-order valence-electron chi connectivity index (χ2n) is 6.58. The van der Waals surface area contributed by atoms with Crippen LogP contribution in [0.15, 0.2) is 24.3 Å². The van der Waals surface area contributed by atoms with E-state index in [1.165, 1.54) is 31.4 Å². The van der Waals surface area contributed by atoms with Crippen molar-refractivity contribution >= 4 is 5.69 Å². The summed E-state index contributed by atoms with van der Waals surface area (Å²) in [5.41, 5.74) is 3.53. The fourth-order valence-corrected chi connectivity index (χ4v) is 3.56. The van der Waals surface area contributed by atoms with Crippen molar-refractivity contribution in [3.8, 4) is 0 Å². The van der Waals surface area contributed by atoms with Crippen LogP contribution in [0.4, 0.5) is 5.69 Å². The first-order chi connectivity index (χ1) is 8.16. The molecule has 1 N–H and O–H groups in total. The summed E-state index contributed by atoms with van der Waals surface area (Å²) >= 11 is 0. The zero-order valence-corrected chi connectivity index (χ0v) is 11.0. The lowest BCUT2D eigenvalue weighted by molar-refractivity contribution is 0.176. The van der Waals surface area contributed by atoms with Crippen molar-refractivity contribution in [3.05, 3.63) is 29.8 Å². The van der Waals surface area contributed by atoms with E-state index < -0.39 is 0 Å². The Labute approximate surface area is 105 Å². The van der Waals surface area contributed by atoms with Crippen LogP contribution < -0.4 is 5.32 Å². The highest BCUT2D eigenvalue weighted by Crippen LogP contribution is 2.46. The van der Waals surface area contributed by atoms with E-state index in [-0.39, 0.29) is 0 Å². The quantitative estimate of drug-likeness (QED) is 0.752. The van der Waals surface area contributed by atoms with Crippen molar-refractivity contribution in [2.45, 2.75) is 45.4 Å². The van der Waals surface area contributed by atoms with Gasteiger partial charge in [0, 0.05) is 18.2 Å². The van der Waals surface area contributed by atoms with Crippen LogP contribution in [0, 0.1) is 11.3 Å². The van der Waals surface area contributed by atoms with Crippen LogP contribution in [0.25, 0.3) is 0 Å². The fraction of sp³-hybridized carbons (Fsp3) is 0.625. The van der Waals surface area contributed by atoms with E-state index in [9.17, 15) is 0 Å². The molecule has 1 nitrogen and oxygen atoms in total. The van der Waals surface area contributed by atoms with Gasteiger partial charge >= 0.3 is 0 Å². The van der Waals surface area contributed by atoms with Crippen molar-refractivity contribution in [3.63, 3.8) is 0 Å². The minimum atomic E-state index is 0.585. The van der Waals surface area contributed by atoms with E-state index in [0.29, 0.717) is 5.41 Å². The number of para-hydroxylation sites is 1. The molecule has 1 saturated carbocycles. The maximum absolute atomic E-state index is 3.57. The van der Waals surface area contributed by atoms with Gasteiger partial charge in [0.25, 0.3) is 0 Å². The van der Waals surface area contributed by atoms with Gasteiger partial charge in [-0.05, 0) is 48.6 Å². The molecule has 3 rings (SSSR count). The lowest BCUT2D eigenvalue weighted by Gasteiger charge is -2.37. The zero-order valence-electron chi connectivity index (χ0n) is 11.0. The standard InChI is InChI=1S/C16H23N/c1-16(2)9-7-12(8-10-16)14-11-17-15-6-4-3-5-13(14)15/h3-6,12,14,17H,7-11H2,1-2H3. The number of fused-ring (bicyclic) bond motifs is 1. The Bertz CT molecular complexity index is 398. The lowest BCUT2D eigenvalue weighted by atomic mass is 9.68. The van der Waals surface area contributed by atoms with Crippen LogP contribution in [0.2, 0.25) is 0 Å². The summed E-state index contributed by atoms with van der Waals surface area (Å²) in [5, 5.41) is 3.57. The summed E-state index contributed by atoms with van der Waals surface area (Å²) in [7, 11) is 0. The van der Waals surface area contributed by atoms with E-state index >= 15 is 0 Å². The van der Waals surface area contributed by atoms with Gasteiger partial charge in [0.2, 0.25) is 0 Å². The molecule has 17 heavy (non-hydrogen) atoms. The molecule has 1 heteroatoms. The van der Waals surface area contributed by atoms with Crippen molar-refractivity contribution < 1.29 is 0 Å². The van der Waals surface area contributed by atoms with Crippen molar-refractivity contribution in [1.29, 1.82) is 0 Å². The van der Waals surface area contributed by atoms with Gasteiger partial charge < -0.3 is 5.32 Å². The Morgan fingerprint density at radius 1 is 1.12 bits per heavy atom. The Kier molecular flexibility index (Phi) is 2.65. The van der Waals surface area contributed by atoms with Gasteiger partial charge in [0.05, 0.1) is 0 Å². The van der Waals surface area contributed by atoms with Gasteiger partial charge in [-0.25, -0.2) is 0 Å². The van der Waals surface area contributed by atoms with Gasteiger partial charge in [0.15, 0.2) is 0 Å². The predicted octanol–water partition coefficient (Wildman–Crippen LogP) is 4.41. The average molecular weight is 229 g/mol. The molecule has 1 fully saturated rings. The molecule has 1 unspecified atom stereocenters. The van der Waals surface area contributed by atoms with Gasteiger partial charge in [-0.1, -0.05) is 32.0 Å². The van der Waals surface area contributed by atoms with Crippen LogP contribution in [0.5, 0.6) is 0 Å². The van der Waals surface area contributed by atoms with Gasteiger partial charge in [-0.3, -0.25) is 0 Å². The maximum atomic E-state index is 3.57. The molecule has 1 atom stereocenters. The summed E-state index contributed by atoms with van der Waals surface area (Å²) in [6.07, 6.45) is 5.62. The summed E-state index contributed by atoms with van der Waals surface area (Å²) < 4.78 is 0. The first-order valence-electron chi connectivity index (χ1n) is 6.98. The number of benzene rings is 1. The average Bonchev–Trinajstić information content (AvgIpc) is 2.73. The minimum absolute atomic E-state index is 0.585. The molecule has 0 aromatic heterocycles. The van der Waals surface area contributed by atoms with Crippen LogP contribution in [-0.4, -0.2) is 6.54 Å². The van der Waals surface area contributed by atoms with Crippen LogP contribution in [-0.2, 0) is 0 Å². The van der Waals surface area contributed by atoms with E-state index in [4.69, 9.17) is 0 Å². The number of nitrogens with one attached hydrogen (secondary N) is 1. The Hall–Kier alpha value is -0.980. The largest absolute Gasteiger partial charge is 0.384 e. The highest BCUT2D eigenvalue weighted by molar-refractivity contribution is 5.57. The molecule has 0 spiro atoms. The summed E-state index contributed by atoms with van der Waals surface area (Å²) in [6.45, 7) is 6.00. The van der Waals surface area contributed by atoms with E-state index in [0.717, 1.165) is 18.4 Å². The highest BCUT2D eigenvalue weighted by atomic mass is 14.9. The number of hydrogen-bond acceptors (Lipinski definition) is 1. The molecule has 1 aliphatic carbocycles. The number of hydrogen-bond donors (Lipinski definition) is 1. The van der Waals surface area contributed by atoms with E-state index in [1.54, 1.807) is 5.56 Å². The first kappa shape index (κ1) is 11.1. The number of rotatable bonds is 1. The van der Waals surface area contributed by atoms with Gasteiger partial charge in [-0.15, -0.1) is 0 Å². The summed E-state index contributed by atoms with van der Waals surface area (Å²) in [4.78, 5) is 0. The van der Waals surface area contributed by atoms with Crippen LogP contribution in [0.3, 0.4) is 0 Å². The molecule has 0 bridgehead atoms. The van der Waals surface area contributed by atoms with E-state index in [1.807, 2.05) is 0 Å². The fourth-order valence-electron chi connectivity index (χ4n) is 3.56. The zero-order chi connectivity index (χ0) is 11.9. The summed E-state index contributed by atoms with van der Waals surface area (Å²) in [6, 6.07) is 8.87. The highest BCUT2D eigenvalue weighted by Gasteiger charge is 2.34. The molecule has 1 aromatic rings. The second-order valence-corrected chi connectivity index (χ2v) is 6.58. The Morgan fingerprint density at radius 3 is 2.59 bits per heavy atom. The third-order valence-corrected chi connectivity index (χ3v) is 4.83. The molecule has 0 radical (unpaired) electrons. The molecular weight excluding hydrogens is 206 g/mol. The maximum Gasteiger partial charge on any atom is 0.0376 e. The summed E-state index contributed by atoms with van der Waals surface area (Å²) in [5.74, 6) is 1.67. The SMILES string of the molecule is CC1(C)CCC(C2CNc3ccccc32)CC1. The lowest BCUT2D eigenvalue weighted by Crippen LogP contribution is -2.25. The van der Waals surface area contributed by atoms with Crippen molar-refractivity contribution in [2.24, 2.45) is 11.3 Å².